The van der Waals surface area contributed by atoms with E-state index in [0.717, 1.165) is 12.0 Å². The molecule has 1 atom stereocenters. The molecule has 0 bridgehead atoms. The Balaban J connectivity index is 2.64. The van der Waals surface area contributed by atoms with Crippen LogP contribution in [0.25, 0.3) is 0 Å². The number of aryl methyl sites for hydroxylation is 1. The summed E-state index contributed by atoms with van der Waals surface area (Å²) in [6.07, 6.45) is 1.04. The van der Waals surface area contributed by atoms with Gasteiger partial charge in [-0.1, -0.05) is 24.6 Å². The number of sulfonamides is 1. The molecular weight excluding hydrogens is 296 g/mol. The molecule has 0 saturated heterocycles. The van der Waals surface area contributed by atoms with E-state index < -0.39 is 10.0 Å². The summed E-state index contributed by atoms with van der Waals surface area (Å²) >= 11 is 5.96. The van der Waals surface area contributed by atoms with E-state index in [-0.39, 0.29) is 4.90 Å². The van der Waals surface area contributed by atoms with Gasteiger partial charge in [-0.05, 0) is 45.0 Å². The monoisotopic (exact) mass is 318 g/mol. The Hall–Kier alpha value is -0.620. The highest BCUT2D eigenvalue weighted by atomic mass is 35.5. The average Bonchev–Trinajstić information content (AvgIpc) is 2.40. The number of halogens is 1. The van der Waals surface area contributed by atoms with Crippen molar-refractivity contribution in [2.45, 2.75) is 38.1 Å². The number of likely N-dealkylation sites (N-methyl/N-ethyl adjacent to an activating group) is 1. The molecule has 0 aliphatic carbocycles. The van der Waals surface area contributed by atoms with Crippen LogP contribution in [0.4, 0.5) is 0 Å². The van der Waals surface area contributed by atoms with Gasteiger partial charge in [0, 0.05) is 24.2 Å². The molecule has 0 aliphatic rings. The number of hydrogen-bond donors (Lipinski definition) is 1. The van der Waals surface area contributed by atoms with Gasteiger partial charge in [-0.3, -0.25) is 0 Å². The summed E-state index contributed by atoms with van der Waals surface area (Å²) in [4.78, 5) is 2.34. The van der Waals surface area contributed by atoms with E-state index in [4.69, 9.17) is 11.6 Å². The maximum atomic E-state index is 12.1. The first kappa shape index (κ1) is 17.4. The van der Waals surface area contributed by atoms with Gasteiger partial charge in [-0.15, -0.1) is 0 Å². The summed E-state index contributed by atoms with van der Waals surface area (Å²) in [5.41, 5.74) is 0.863. The first-order chi connectivity index (χ1) is 9.27. The number of rotatable bonds is 7. The third-order valence-corrected chi connectivity index (χ3v) is 5.42. The lowest BCUT2D eigenvalue weighted by Gasteiger charge is -2.23. The Morgan fingerprint density at radius 1 is 1.40 bits per heavy atom. The Morgan fingerprint density at radius 3 is 2.60 bits per heavy atom. The summed E-state index contributed by atoms with van der Waals surface area (Å²) in [7, 11) is -1.50. The summed E-state index contributed by atoms with van der Waals surface area (Å²) < 4.78 is 26.9. The molecule has 4 nitrogen and oxygen atoms in total. The highest BCUT2D eigenvalue weighted by Gasteiger charge is 2.15. The van der Waals surface area contributed by atoms with E-state index in [1.54, 1.807) is 12.1 Å². The van der Waals surface area contributed by atoms with Crippen LogP contribution in [0.5, 0.6) is 0 Å². The minimum atomic E-state index is -3.49. The van der Waals surface area contributed by atoms with Gasteiger partial charge in [0.25, 0.3) is 0 Å². The number of benzene rings is 1. The lowest BCUT2D eigenvalue weighted by Crippen LogP contribution is -2.37. The molecule has 0 spiro atoms. The van der Waals surface area contributed by atoms with Crippen molar-refractivity contribution >= 4 is 21.6 Å². The molecule has 0 aromatic heterocycles. The smallest absolute Gasteiger partial charge is 0.240 e. The zero-order chi connectivity index (χ0) is 15.3. The van der Waals surface area contributed by atoms with Crippen molar-refractivity contribution in [1.82, 2.24) is 9.62 Å². The van der Waals surface area contributed by atoms with Crippen molar-refractivity contribution in [3.63, 3.8) is 0 Å². The van der Waals surface area contributed by atoms with Crippen LogP contribution in [-0.2, 0) is 10.0 Å². The van der Waals surface area contributed by atoms with E-state index >= 15 is 0 Å². The van der Waals surface area contributed by atoms with Crippen molar-refractivity contribution in [3.8, 4) is 0 Å². The van der Waals surface area contributed by atoms with Crippen LogP contribution < -0.4 is 4.72 Å². The van der Waals surface area contributed by atoms with Crippen molar-refractivity contribution in [2.24, 2.45) is 0 Å². The van der Waals surface area contributed by atoms with Gasteiger partial charge < -0.3 is 4.90 Å². The van der Waals surface area contributed by atoms with Crippen molar-refractivity contribution in [1.29, 1.82) is 0 Å². The molecule has 0 heterocycles. The minimum absolute atomic E-state index is 0.208. The molecule has 1 aromatic rings. The number of nitrogens with one attached hydrogen (secondary N) is 1. The van der Waals surface area contributed by atoms with Crippen molar-refractivity contribution < 1.29 is 8.42 Å². The quantitative estimate of drug-likeness (QED) is 0.841. The van der Waals surface area contributed by atoms with Crippen molar-refractivity contribution in [2.75, 3.05) is 20.1 Å². The normalized spacial score (nSPS) is 13.7. The first-order valence-electron chi connectivity index (χ1n) is 6.74. The van der Waals surface area contributed by atoms with Crippen LogP contribution in [0, 0.1) is 6.92 Å². The summed E-state index contributed by atoms with van der Waals surface area (Å²) in [6.45, 7) is 7.13. The Bertz CT molecular complexity index is 546. The van der Waals surface area contributed by atoms with Gasteiger partial charge in [0.15, 0.2) is 0 Å². The number of hydrogen-bond acceptors (Lipinski definition) is 3. The van der Waals surface area contributed by atoms with Crippen LogP contribution >= 0.6 is 11.6 Å². The van der Waals surface area contributed by atoms with Gasteiger partial charge in [0.1, 0.15) is 0 Å². The third kappa shape index (κ3) is 4.74. The second kappa shape index (κ2) is 7.41. The summed E-state index contributed by atoms with van der Waals surface area (Å²) in [5.74, 6) is 0. The van der Waals surface area contributed by atoms with Crippen molar-refractivity contribution in [3.05, 3.63) is 28.8 Å². The van der Waals surface area contributed by atoms with E-state index in [9.17, 15) is 8.42 Å². The molecule has 0 radical (unpaired) electrons. The second-order valence-electron chi connectivity index (χ2n) is 5.05. The van der Waals surface area contributed by atoms with Crippen LogP contribution in [-0.4, -0.2) is 39.5 Å². The standard InChI is InChI=1S/C14H23ClN2O2S/c1-5-12(3)17(4)9-8-16-20(18,19)13-7-6-11(2)14(15)10-13/h6-7,10,12,16H,5,8-9H2,1-4H3. The SMILES string of the molecule is CCC(C)N(C)CCNS(=O)(=O)c1ccc(C)c(Cl)c1. The molecule has 6 heteroatoms. The van der Waals surface area contributed by atoms with E-state index in [2.05, 4.69) is 23.5 Å². The molecule has 20 heavy (non-hydrogen) atoms. The highest BCUT2D eigenvalue weighted by Crippen LogP contribution is 2.19. The molecule has 1 N–H and O–H groups in total. The van der Waals surface area contributed by atoms with Crippen LogP contribution in [0.3, 0.4) is 0 Å². The lowest BCUT2D eigenvalue weighted by atomic mass is 10.2. The fraction of sp³-hybridized carbons (Fsp3) is 0.571. The van der Waals surface area contributed by atoms with Gasteiger partial charge >= 0.3 is 0 Å². The zero-order valence-electron chi connectivity index (χ0n) is 12.5. The maximum absolute atomic E-state index is 12.1. The number of nitrogens with zero attached hydrogens (tertiary/aromatic N) is 1. The molecule has 1 aromatic carbocycles. The fourth-order valence-electron chi connectivity index (χ4n) is 1.71. The predicted octanol–water partition coefficient (Wildman–Crippen LogP) is 2.66. The Labute approximate surface area is 127 Å². The third-order valence-electron chi connectivity index (χ3n) is 3.55. The largest absolute Gasteiger partial charge is 0.302 e. The molecule has 114 valence electrons. The molecule has 0 amide bonds. The van der Waals surface area contributed by atoms with Crippen LogP contribution in [0.1, 0.15) is 25.8 Å². The van der Waals surface area contributed by atoms with Crippen LogP contribution in [0.15, 0.2) is 23.1 Å². The fourth-order valence-corrected chi connectivity index (χ4v) is 3.00. The van der Waals surface area contributed by atoms with E-state index in [0.29, 0.717) is 24.2 Å². The molecule has 0 saturated carbocycles. The highest BCUT2D eigenvalue weighted by molar-refractivity contribution is 7.89. The van der Waals surface area contributed by atoms with E-state index in [1.807, 2.05) is 14.0 Å². The topological polar surface area (TPSA) is 49.4 Å². The van der Waals surface area contributed by atoms with E-state index in [1.165, 1.54) is 6.07 Å². The average molecular weight is 319 g/mol. The predicted molar refractivity (Wildman–Crippen MR) is 83.8 cm³/mol. The minimum Gasteiger partial charge on any atom is -0.302 e. The van der Waals surface area contributed by atoms with Gasteiger partial charge in [0.05, 0.1) is 4.90 Å². The van der Waals surface area contributed by atoms with Gasteiger partial charge in [0.2, 0.25) is 10.0 Å². The zero-order valence-corrected chi connectivity index (χ0v) is 14.1. The maximum Gasteiger partial charge on any atom is 0.240 e. The molecule has 1 unspecified atom stereocenters. The second-order valence-corrected chi connectivity index (χ2v) is 7.22. The van der Waals surface area contributed by atoms with Gasteiger partial charge in [-0.25, -0.2) is 13.1 Å². The molecular formula is C14H23ClN2O2S. The molecule has 1 rings (SSSR count). The lowest BCUT2D eigenvalue weighted by molar-refractivity contribution is 0.256. The summed E-state index contributed by atoms with van der Waals surface area (Å²) in [6, 6.07) is 5.20. The first-order valence-corrected chi connectivity index (χ1v) is 8.60. The van der Waals surface area contributed by atoms with Crippen LogP contribution in [0.2, 0.25) is 5.02 Å². The summed E-state index contributed by atoms with van der Waals surface area (Å²) in [5, 5.41) is 0.463. The Kier molecular flexibility index (Phi) is 6.45. The Morgan fingerprint density at radius 2 is 2.05 bits per heavy atom. The molecule has 0 fully saturated rings. The molecule has 0 aliphatic heterocycles. The van der Waals surface area contributed by atoms with Gasteiger partial charge in [-0.2, -0.15) is 0 Å².